The number of hydrogen-bond donors (Lipinski definition) is 1. The van der Waals surface area contributed by atoms with Crippen LogP contribution < -0.4 is 10.3 Å². The number of rotatable bonds is 4. The largest absolute Gasteiger partial charge is 0.461 e. The van der Waals surface area contributed by atoms with Gasteiger partial charge in [0.2, 0.25) is 0 Å². The van der Waals surface area contributed by atoms with Gasteiger partial charge in [-0.05, 0) is 44.1 Å². The Hall–Kier alpha value is -1.35. The quantitative estimate of drug-likeness (QED) is 0.623. The van der Waals surface area contributed by atoms with Crippen molar-refractivity contribution in [3.8, 4) is 5.75 Å². The minimum Gasteiger partial charge on any atom is -0.461 e. The SMILES string of the molecule is CC(N)C(=O)OC1CCCC1.ClPOc1cccc2ccccc12. The summed E-state index contributed by atoms with van der Waals surface area (Å²) >= 11 is 5.54. The van der Waals surface area contributed by atoms with Crippen LogP contribution in [0.1, 0.15) is 32.6 Å². The van der Waals surface area contributed by atoms with Gasteiger partial charge in [-0.25, -0.2) is 0 Å². The molecule has 0 spiro atoms. The van der Waals surface area contributed by atoms with E-state index >= 15 is 0 Å². The summed E-state index contributed by atoms with van der Waals surface area (Å²) in [5.41, 5.74) is 5.34. The highest BCUT2D eigenvalue weighted by Crippen LogP contribution is 2.31. The van der Waals surface area contributed by atoms with Crippen LogP contribution in [0.2, 0.25) is 0 Å². The number of nitrogens with two attached hydrogens (primary N) is 1. The molecular weight excluding hydrogens is 345 g/mol. The van der Waals surface area contributed by atoms with Crippen molar-refractivity contribution < 1.29 is 14.1 Å². The molecule has 2 unspecified atom stereocenters. The van der Waals surface area contributed by atoms with E-state index in [1.54, 1.807) is 6.92 Å². The summed E-state index contributed by atoms with van der Waals surface area (Å²) in [6.07, 6.45) is 4.53. The van der Waals surface area contributed by atoms with Crippen molar-refractivity contribution in [3.05, 3.63) is 42.5 Å². The second kappa shape index (κ2) is 9.83. The van der Waals surface area contributed by atoms with E-state index in [9.17, 15) is 4.79 Å². The number of halogens is 1. The van der Waals surface area contributed by atoms with Crippen molar-refractivity contribution in [1.82, 2.24) is 0 Å². The molecule has 1 aliphatic carbocycles. The Morgan fingerprint density at radius 3 is 2.54 bits per heavy atom. The smallest absolute Gasteiger partial charge is 0.322 e. The molecule has 2 N–H and O–H groups in total. The van der Waals surface area contributed by atoms with Crippen LogP contribution in [0.5, 0.6) is 5.75 Å². The van der Waals surface area contributed by atoms with Crippen LogP contribution in [0.25, 0.3) is 10.8 Å². The summed E-state index contributed by atoms with van der Waals surface area (Å²) < 4.78 is 10.4. The summed E-state index contributed by atoms with van der Waals surface area (Å²) in [6, 6.07) is 13.6. The summed E-state index contributed by atoms with van der Waals surface area (Å²) in [4.78, 5) is 11.0. The van der Waals surface area contributed by atoms with Crippen LogP contribution in [0, 0.1) is 0 Å². The van der Waals surface area contributed by atoms with Crippen LogP contribution >= 0.6 is 19.4 Å². The van der Waals surface area contributed by atoms with Crippen molar-refractivity contribution in [1.29, 1.82) is 0 Å². The van der Waals surface area contributed by atoms with E-state index in [0.29, 0.717) is 0 Å². The van der Waals surface area contributed by atoms with Gasteiger partial charge in [0, 0.05) is 5.39 Å². The average Bonchev–Trinajstić information content (AvgIpc) is 3.09. The molecule has 0 bridgehead atoms. The fourth-order valence-corrected chi connectivity index (χ4v) is 3.11. The zero-order valence-corrected chi connectivity index (χ0v) is 15.5. The number of hydrogen-bond acceptors (Lipinski definition) is 4. The van der Waals surface area contributed by atoms with Crippen molar-refractivity contribution in [2.75, 3.05) is 0 Å². The lowest BCUT2D eigenvalue weighted by atomic mass is 10.1. The Morgan fingerprint density at radius 1 is 1.21 bits per heavy atom. The van der Waals surface area contributed by atoms with Gasteiger partial charge in [-0.3, -0.25) is 4.79 Å². The molecule has 2 aromatic rings. The predicted molar refractivity (Wildman–Crippen MR) is 101 cm³/mol. The molecule has 0 saturated heterocycles. The van der Waals surface area contributed by atoms with Gasteiger partial charge in [-0.2, -0.15) is 0 Å². The number of ether oxygens (including phenoxy) is 1. The number of carbonyl (C=O) groups excluding carboxylic acids is 1. The maximum atomic E-state index is 11.0. The lowest BCUT2D eigenvalue weighted by Crippen LogP contribution is -2.31. The molecular formula is C18H23ClNO3P. The van der Waals surface area contributed by atoms with E-state index in [1.807, 2.05) is 30.3 Å². The van der Waals surface area contributed by atoms with E-state index in [2.05, 4.69) is 12.1 Å². The molecule has 2 atom stereocenters. The maximum Gasteiger partial charge on any atom is 0.322 e. The monoisotopic (exact) mass is 367 g/mol. The molecule has 1 saturated carbocycles. The third-order valence-electron chi connectivity index (χ3n) is 3.85. The highest BCUT2D eigenvalue weighted by atomic mass is 35.7. The number of carbonyl (C=O) groups is 1. The molecule has 1 fully saturated rings. The normalized spacial score (nSPS) is 16.0. The summed E-state index contributed by atoms with van der Waals surface area (Å²) in [5, 5.41) is 2.29. The summed E-state index contributed by atoms with van der Waals surface area (Å²) in [7, 11) is -0.0293. The Balaban J connectivity index is 0.000000177. The first-order valence-corrected chi connectivity index (χ1v) is 10.00. The van der Waals surface area contributed by atoms with Gasteiger partial charge < -0.3 is 15.0 Å². The molecule has 6 heteroatoms. The minimum absolute atomic E-state index is 0.0293. The molecule has 0 aliphatic heterocycles. The van der Waals surface area contributed by atoms with Crippen LogP contribution in [-0.4, -0.2) is 18.1 Å². The average molecular weight is 368 g/mol. The van der Waals surface area contributed by atoms with Crippen molar-refractivity contribution in [2.45, 2.75) is 44.8 Å². The van der Waals surface area contributed by atoms with E-state index < -0.39 is 6.04 Å². The number of esters is 1. The standard InChI is InChI=1S/C10H8ClOP.C8H15NO2/c11-13-12-10-7-3-5-8-4-1-2-6-9(8)10;1-6(9)8(10)11-7-4-2-3-5-7/h1-7,13H;6-7H,2-5,9H2,1H3. The Bertz CT molecular complexity index is 654. The Kier molecular flexibility index (Phi) is 7.77. The van der Waals surface area contributed by atoms with Crippen LogP contribution in [0.15, 0.2) is 42.5 Å². The highest BCUT2D eigenvalue weighted by Gasteiger charge is 2.20. The third-order valence-corrected chi connectivity index (χ3v) is 4.38. The first kappa shape index (κ1) is 19.0. The third kappa shape index (κ3) is 5.62. The van der Waals surface area contributed by atoms with E-state index in [4.69, 9.17) is 26.2 Å². The predicted octanol–water partition coefficient (Wildman–Crippen LogP) is 4.79. The van der Waals surface area contributed by atoms with Crippen LogP contribution in [-0.2, 0) is 9.53 Å². The molecule has 1 aliphatic rings. The first-order chi connectivity index (χ1) is 11.6. The second-order valence-electron chi connectivity index (χ2n) is 5.79. The maximum absolute atomic E-state index is 11.0. The zero-order chi connectivity index (χ0) is 17.4. The highest BCUT2D eigenvalue weighted by molar-refractivity contribution is 7.64. The lowest BCUT2D eigenvalue weighted by Gasteiger charge is -2.12. The Labute approximate surface area is 149 Å². The van der Waals surface area contributed by atoms with Gasteiger partial charge in [0.05, 0.1) is 0 Å². The fourth-order valence-electron chi connectivity index (χ4n) is 2.60. The second-order valence-corrected chi connectivity index (χ2v) is 6.61. The van der Waals surface area contributed by atoms with Crippen molar-refractivity contribution >= 4 is 36.1 Å². The van der Waals surface area contributed by atoms with Crippen molar-refractivity contribution in [3.63, 3.8) is 0 Å². The van der Waals surface area contributed by atoms with Gasteiger partial charge in [0.1, 0.15) is 17.9 Å². The molecule has 24 heavy (non-hydrogen) atoms. The van der Waals surface area contributed by atoms with Crippen molar-refractivity contribution in [2.24, 2.45) is 5.73 Å². The van der Waals surface area contributed by atoms with Crippen LogP contribution in [0.3, 0.4) is 0 Å². The van der Waals surface area contributed by atoms with E-state index in [-0.39, 0.29) is 20.2 Å². The van der Waals surface area contributed by atoms with E-state index in [0.717, 1.165) is 24.0 Å². The molecule has 0 radical (unpaired) electrons. The van der Waals surface area contributed by atoms with Gasteiger partial charge in [0.15, 0.2) is 8.16 Å². The molecule has 2 aromatic carbocycles. The molecule has 3 rings (SSSR count). The van der Waals surface area contributed by atoms with E-state index in [1.165, 1.54) is 18.2 Å². The topological polar surface area (TPSA) is 61.6 Å². The zero-order valence-electron chi connectivity index (χ0n) is 13.7. The first-order valence-electron chi connectivity index (χ1n) is 8.08. The summed E-state index contributed by atoms with van der Waals surface area (Å²) in [5.74, 6) is 0.586. The van der Waals surface area contributed by atoms with Gasteiger partial charge in [-0.15, -0.1) is 0 Å². The molecule has 4 nitrogen and oxygen atoms in total. The number of benzene rings is 2. The minimum atomic E-state index is -0.476. The fraction of sp³-hybridized carbons (Fsp3) is 0.389. The molecule has 130 valence electrons. The molecule has 0 aromatic heterocycles. The molecule has 0 heterocycles. The van der Waals surface area contributed by atoms with Gasteiger partial charge in [-0.1, -0.05) is 47.6 Å². The van der Waals surface area contributed by atoms with Gasteiger partial charge >= 0.3 is 5.97 Å². The number of fused-ring (bicyclic) bond motifs is 1. The summed E-state index contributed by atoms with van der Waals surface area (Å²) in [6.45, 7) is 1.65. The Morgan fingerprint density at radius 2 is 1.88 bits per heavy atom. The van der Waals surface area contributed by atoms with Gasteiger partial charge in [0.25, 0.3) is 0 Å². The van der Waals surface area contributed by atoms with Crippen LogP contribution in [0.4, 0.5) is 0 Å². The molecule has 0 amide bonds. The lowest BCUT2D eigenvalue weighted by molar-refractivity contribution is -0.149.